The van der Waals surface area contributed by atoms with Gasteiger partial charge in [0.05, 0.1) is 13.7 Å². The summed E-state index contributed by atoms with van der Waals surface area (Å²) in [6.45, 7) is -0.586. The molecule has 0 fully saturated rings. The first-order valence-electron chi connectivity index (χ1n) is 5.60. The summed E-state index contributed by atoms with van der Waals surface area (Å²) < 4.78 is 18.5. The molecule has 108 valence electrons. The molecule has 1 amide bonds. The predicted octanol–water partition coefficient (Wildman–Crippen LogP) is 1.25. The number of methoxy groups -OCH3 is 1. The third-order valence-corrected chi connectivity index (χ3v) is 2.85. The fourth-order valence-electron chi connectivity index (χ4n) is 1.35. The molecule has 0 saturated heterocycles. The van der Waals surface area contributed by atoms with Crippen LogP contribution in [0.2, 0.25) is 0 Å². The minimum absolute atomic E-state index is 0.216. The molecule has 0 aliphatic rings. The zero-order valence-corrected chi connectivity index (χ0v) is 12.2. The van der Waals surface area contributed by atoms with Gasteiger partial charge in [0, 0.05) is 16.1 Å². The number of halogens is 2. The number of aliphatic hydroxyl groups excluding tert-OH is 1. The summed E-state index contributed by atoms with van der Waals surface area (Å²) in [7, 11) is 1.14. The molecule has 0 saturated carbocycles. The van der Waals surface area contributed by atoms with Gasteiger partial charge in [-0.05, 0) is 24.3 Å². The molecule has 1 atom stereocenters. The number of hydrogen-bond acceptors (Lipinski definition) is 4. The van der Waals surface area contributed by atoms with E-state index in [2.05, 4.69) is 26.0 Å². The summed E-state index contributed by atoms with van der Waals surface area (Å²) in [6.07, 6.45) is 2.33. The Morgan fingerprint density at radius 2 is 2.25 bits per heavy atom. The molecule has 0 aliphatic heterocycles. The van der Waals surface area contributed by atoms with E-state index >= 15 is 0 Å². The average molecular weight is 346 g/mol. The van der Waals surface area contributed by atoms with Gasteiger partial charge in [0.15, 0.2) is 6.04 Å². The SMILES string of the molecule is COC(=O)C(CO)NC(=O)/C=C/c1cc(Br)ccc1F. The molecular weight excluding hydrogens is 333 g/mol. The Kier molecular flexibility index (Phi) is 6.33. The number of aliphatic hydroxyl groups is 1. The second-order valence-corrected chi connectivity index (χ2v) is 4.68. The Labute approximate surface area is 123 Å². The second-order valence-electron chi connectivity index (χ2n) is 3.77. The fourth-order valence-corrected chi connectivity index (χ4v) is 1.73. The van der Waals surface area contributed by atoms with Crippen molar-refractivity contribution < 1.29 is 23.8 Å². The van der Waals surface area contributed by atoms with Gasteiger partial charge in [0.1, 0.15) is 5.82 Å². The molecule has 2 N–H and O–H groups in total. The molecule has 1 aromatic carbocycles. The Hall–Kier alpha value is -1.73. The molecule has 5 nitrogen and oxygen atoms in total. The maximum absolute atomic E-state index is 13.4. The summed E-state index contributed by atoms with van der Waals surface area (Å²) >= 11 is 3.19. The number of benzene rings is 1. The van der Waals surface area contributed by atoms with Crippen LogP contribution in [0, 0.1) is 5.82 Å². The molecule has 0 heterocycles. The van der Waals surface area contributed by atoms with Gasteiger partial charge in [-0.2, -0.15) is 0 Å². The highest BCUT2D eigenvalue weighted by Gasteiger charge is 2.19. The van der Waals surface area contributed by atoms with E-state index in [1.807, 2.05) is 0 Å². The number of carbonyl (C=O) groups is 2. The molecule has 7 heteroatoms. The van der Waals surface area contributed by atoms with E-state index in [1.54, 1.807) is 0 Å². The zero-order valence-electron chi connectivity index (χ0n) is 10.6. The van der Waals surface area contributed by atoms with Gasteiger partial charge in [-0.15, -0.1) is 0 Å². The number of amides is 1. The van der Waals surface area contributed by atoms with Crippen molar-refractivity contribution in [2.75, 3.05) is 13.7 Å². The van der Waals surface area contributed by atoms with Gasteiger partial charge in [0.2, 0.25) is 5.91 Å². The minimum atomic E-state index is -1.15. The van der Waals surface area contributed by atoms with E-state index in [4.69, 9.17) is 5.11 Å². The van der Waals surface area contributed by atoms with Gasteiger partial charge < -0.3 is 15.2 Å². The Morgan fingerprint density at radius 3 is 2.85 bits per heavy atom. The molecule has 0 aromatic heterocycles. The van der Waals surface area contributed by atoms with Crippen molar-refractivity contribution in [1.82, 2.24) is 5.32 Å². The van der Waals surface area contributed by atoms with E-state index in [-0.39, 0.29) is 5.56 Å². The van der Waals surface area contributed by atoms with Crippen molar-refractivity contribution in [3.8, 4) is 0 Å². The molecule has 0 radical (unpaired) electrons. The molecule has 1 unspecified atom stereocenters. The average Bonchev–Trinajstić information content (AvgIpc) is 2.44. The normalized spacial score (nSPS) is 12.2. The van der Waals surface area contributed by atoms with Crippen LogP contribution in [-0.2, 0) is 14.3 Å². The smallest absolute Gasteiger partial charge is 0.330 e. The topological polar surface area (TPSA) is 75.6 Å². The highest BCUT2D eigenvalue weighted by atomic mass is 79.9. The molecule has 0 bridgehead atoms. The van der Waals surface area contributed by atoms with Crippen molar-refractivity contribution in [2.45, 2.75) is 6.04 Å². The van der Waals surface area contributed by atoms with Crippen molar-refractivity contribution >= 4 is 33.9 Å². The molecular formula is C13H13BrFNO4. The van der Waals surface area contributed by atoms with Gasteiger partial charge in [-0.25, -0.2) is 9.18 Å². The predicted molar refractivity (Wildman–Crippen MR) is 74.2 cm³/mol. The summed E-state index contributed by atoms with van der Waals surface area (Å²) in [6, 6.07) is 3.14. The maximum atomic E-state index is 13.4. The lowest BCUT2D eigenvalue weighted by atomic mass is 10.2. The van der Waals surface area contributed by atoms with E-state index < -0.39 is 30.3 Å². The molecule has 0 aliphatic carbocycles. The van der Waals surface area contributed by atoms with Crippen LogP contribution in [0.5, 0.6) is 0 Å². The van der Waals surface area contributed by atoms with Gasteiger partial charge >= 0.3 is 5.97 Å². The lowest BCUT2D eigenvalue weighted by Crippen LogP contribution is -2.43. The fraction of sp³-hybridized carbons (Fsp3) is 0.231. The third kappa shape index (κ3) is 4.75. The lowest BCUT2D eigenvalue weighted by Gasteiger charge is -2.11. The summed E-state index contributed by atoms with van der Waals surface area (Å²) in [5, 5.41) is 11.2. The van der Waals surface area contributed by atoms with E-state index in [0.29, 0.717) is 4.47 Å². The number of ether oxygens (including phenoxy) is 1. The van der Waals surface area contributed by atoms with E-state index in [9.17, 15) is 14.0 Å². The van der Waals surface area contributed by atoms with Gasteiger partial charge in [-0.3, -0.25) is 4.79 Å². The minimum Gasteiger partial charge on any atom is -0.467 e. The van der Waals surface area contributed by atoms with Crippen molar-refractivity contribution in [3.05, 3.63) is 40.1 Å². The van der Waals surface area contributed by atoms with Crippen LogP contribution in [0.3, 0.4) is 0 Å². The van der Waals surface area contributed by atoms with E-state index in [1.165, 1.54) is 24.3 Å². The molecule has 1 aromatic rings. The highest BCUT2D eigenvalue weighted by molar-refractivity contribution is 9.10. The van der Waals surface area contributed by atoms with Crippen LogP contribution in [0.25, 0.3) is 6.08 Å². The van der Waals surface area contributed by atoms with Crippen LogP contribution in [0.1, 0.15) is 5.56 Å². The Morgan fingerprint density at radius 1 is 1.55 bits per heavy atom. The number of nitrogens with one attached hydrogen (secondary N) is 1. The first-order valence-corrected chi connectivity index (χ1v) is 6.39. The third-order valence-electron chi connectivity index (χ3n) is 2.36. The van der Waals surface area contributed by atoms with Crippen LogP contribution < -0.4 is 5.32 Å². The van der Waals surface area contributed by atoms with Crippen molar-refractivity contribution in [1.29, 1.82) is 0 Å². The van der Waals surface area contributed by atoms with Gasteiger partial charge in [0.25, 0.3) is 0 Å². The second kappa shape index (κ2) is 7.76. The summed E-state index contributed by atoms with van der Waals surface area (Å²) in [4.78, 5) is 22.7. The summed E-state index contributed by atoms with van der Waals surface area (Å²) in [5.74, 6) is -1.89. The first-order chi connectivity index (χ1) is 9.47. The summed E-state index contributed by atoms with van der Waals surface area (Å²) in [5.41, 5.74) is 0.216. The van der Waals surface area contributed by atoms with Gasteiger partial charge in [-0.1, -0.05) is 15.9 Å². The number of esters is 1. The van der Waals surface area contributed by atoms with Crippen LogP contribution in [-0.4, -0.2) is 36.7 Å². The number of hydrogen-bond donors (Lipinski definition) is 2. The quantitative estimate of drug-likeness (QED) is 0.622. The zero-order chi connectivity index (χ0) is 15.1. The largest absolute Gasteiger partial charge is 0.467 e. The standard InChI is InChI=1S/C13H13BrFNO4/c1-20-13(19)11(7-17)16-12(18)5-2-8-6-9(14)3-4-10(8)15/h2-6,11,17H,7H2,1H3,(H,16,18)/b5-2+. The van der Waals surface area contributed by atoms with Crippen molar-refractivity contribution in [3.63, 3.8) is 0 Å². The highest BCUT2D eigenvalue weighted by Crippen LogP contribution is 2.16. The van der Waals surface area contributed by atoms with Crippen LogP contribution >= 0.6 is 15.9 Å². The monoisotopic (exact) mass is 345 g/mol. The van der Waals surface area contributed by atoms with Crippen molar-refractivity contribution in [2.24, 2.45) is 0 Å². The number of carbonyl (C=O) groups excluding carboxylic acids is 2. The molecule has 1 rings (SSSR count). The van der Waals surface area contributed by atoms with Crippen LogP contribution in [0.15, 0.2) is 28.7 Å². The maximum Gasteiger partial charge on any atom is 0.330 e. The Balaban J connectivity index is 2.72. The van der Waals surface area contributed by atoms with Crippen LogP contribution in [0.4, 0.5) is 4.39 Å². The molecule has 0 spiro atoms. The lowest BCUT2D eigenvalue weighted by molar-refractivity contribution is -0.145. The number of rotatable bonds is 5. The molecule has 20 heavy (non-hydrogen) atoms. The van der Waals surface area contributed by atoms with E-state index in [0.717, 1.165) is 13.2 Å². The Bertz CT molecular complexity index is 533. The first kappa shape index (κ1) is 16.3.